The fourth-order valence-electron chi connectivity index (χ4n) is 2.75. The van der Waals surface area contributed by atoms with Crippen molar-refractivity contribution >= 4 is 17.8 Å². The van der Waals surface area contributed by atoms with Crippen molar-refractivity contribution in [3.63, 3.8) is 0 Å². The number of carboxylic acids is 1. The van der Waals surface area contributed by atoms with Crippen molar-refractivity contribution in [2.45, 2.75) is 19.4 Å². The number of likely N-dealkylation sites (N-methyl/N-ethyl adjacent to an activating group) is 1. The Bertz CT molecular complexity index is 644. The lowest BCUT2D eigenvalue weighted by Gasteiger charge is -2.24. The minimum absolute atomic E-state index is 0.162. The average Bonchev–Trinajstić information content (AvgIpc) is 2.93. The van der Waals surface area contributed by atoms with Crippen LogP contribution in [-0.4, -0.2) is 66.0 Å². The molecule has 2 rings (SSSR count). The van der Waals surface area contributed by atoms with Gasteiger partial charge in [0.15, 0.2) is 6.61 Å². The van der Waals surface area contributed by atoms with Gasteiger partial charge in [-0.05, 0) is 25.5 Å². The van der Waals surface area contributed by atoms with Crippen LogP contribution >= 0.6 is 0 Å². The van der Waals surface area contributed by atoms with Gasteiger partial charge in [0.05, 0.1) is 11.5 Å². The van der Waals surface area contributed by atoms with E-state index in [0.29, 0.717) is 24.3 Å². The largest absolute Gasteiger partial charge is 0.483 e. The lowest BCUT2D eigenvalue weighted by atomic mass is 10.0. The standard InChI is InChI=1S/C17H22N2O5/c1-11-12(17(22)23)8-9-19(11)16(21)13-6-4-5-7-14(13)24-10-15(20)18(2)3/h4-7,11-12H,8-10H2,1-3H3,(H,22,23). The molecule has 7 nitrogen and oxygen atoms in total. The molecule has 1 aromatic carbocycles. The predicted octanol–water partition coefficient (Wildman–Crippen LogP) is 1.09. The van der Waals surface area contributed by atoms with Crippen LogP contribution < -0.4 is 4.74 Å². The number of hydrogen-bond acceptors (Lipinski definition) is 4. The summed E-state index contributed by atoms with van der Waals surface area (Å²) in [7, 11) is 3.25. The molecule has 0 aliphatic carbocycles. The minimum atomic E-state index is -0.890. The molecule has 1 aliphatic rings. The Hall–Kier alpha value is -2.57. The Morgan fingerprint density at radius 1 is 1.29 bits per heavy atom. The smallest absolute Gasteiger partial charge is 0.308 e. The van der Waals surface area contributed by atoms with Crippen LogP contribution in [0.5, 0.6) is 5.75 Å². The summed E-state index contributed by atoms with van der Waals surface area (Å²) in [5, 5.41) is 9.20. The summed E-state index contributed by atoms with van der Waals surface area (Å²) < 4.78 is 5.50. The Kier molecular flexibility index (Phi) is 5.43. The SMILES string of the molecule is CC1C(C(=O)O)CCN1C(=O)c1ccccc1OCC(=O)N(C)C. The molecule has 0 bridgehead atoms. The average molecular weight is 334 g/mol. The van der Waals surface area contributed by atoms with Crippen LogP contribution in [0.15, 0.2) is 24.3 Å². The summed E-state index contributed by atoms with van der Waals surface area (Å²) in [6.45, 7) is 1.97. The Labute approximate surface area is 140 Å². The molecule has 1 saturated heterocycles. The molecule has 0 spiro atoms. The zero-order valence-corrected chi connectivity index (χ0v) is 14.1. The van der Waals surface area contributed by atoms with E-state index in [1.54, 1.807) is 50.2 Å². The molecule has 2 unspecified atom stereocenters. The van der Waals surface area contributed by atoms with Gasteiger partial charge in [0.25, 0.3) is 11.8 Å². The van der Waals surface area contributed by atoms with Gasteiger partial charge in [-0.3, -0.25) is 14.4 Å². The van der Waals surface area contributed by atoms with Crippen LogP contribution in [0.25, 0.3) is 0 Å². The summed E-state index contributed by atoms with van der Waals surface area (Å²) >= 11 is 0. The molecule has 2 atom stereocenters. The summed E-state index contributed by atoms with van der Waals surface area (Å²) in [4.78, 5) is 38.6. The number of ether oxygens (including phenoxy) is 1. The van der Waals surface area contributed by atoms with Gasteiger partial charge in [-0.25, -0.2) is 0 Å². The lowest BCUT2D eigenvalue weighted by molar-refractivity contribution is -0.142. The number of rotatable bonds is 5. The summed E-state index contributed by atoms with van der Waals surface area (Å²) in [6.07, 6.45) is 0.435. The molecule has 0 aromatic heterocycles. The van der Waals surface area contributed by atoms with E-state index in [2.05, 4.69) is 0 Å². The molecule has 1 N–H and O–H groups in total. The van der Waals surface area contributed by atoms with Crippen LogP contribution in [0.4, 0.5) is 0 Å². The third kappa shape index (κ3) is 3.67. The highest BCUT2D eigenvalue weighted by molar-refractivity contribution is 5.97. The van der Waals surface area contributed by atoms with Crippen molar-refractivity contribution in [1.82, 2.24) is 9.80 Å². The topological polar surface area (TPSA) is 87.1 Å². The number of nitrogens with zero attached hydrogens (tertiary/aromatic N) is 2. The van der Waals surface area contributed by atoms with E-state index in [0.717, 1.165) is 0 Å². The van der Waals surface area contributed by atoms with E-state index >= 15 is 0 Å². The number of carbonyl (C=O) groups excluding carboxylic acids is 2. The minimum Gasteiger partial charge on any atom is -0.483 e. The third-order valence-electron chi connectivity index (χ3n) is 4.30. The number of carbonyl (C=O) groups is 3. The number of para-hydroxylation sites is 1. The van der Waals surface area contributed by atoms with Gasteiger partial charge in [0, 0.05) is 26.7 Å². The van der Waals surface area contributed by atoms with Gasteiger partial charge in [0.1, 0.15) is 5.75 Å². The second kappa shape index (κ2) is 7.33. The second-order valence-electron chi connectivity index (χ2n) is 6.05. The highest BCUT2D eigenvalue weighted by Crippen LogP contribution is 2.28. The van der Waals surface area contributed by atoms with Crippen molar-refractivity contribution in [1.29, 1.82) is 0 Å². The quantitative estimate of drug-likeness (QED) is 0.871. The Morgan fingerprint density at radius 2 is 1.96 bits per heavy atom. The van der Waals surface area contributed by atoms with Crippen molar-refractivity contribution in [3.05, 3.63) is 29.8 Å². The maximum Gasteiger partial charge on any atom is 0.308 e. The van der Waals surface area contributed by atoms with Crippen LogP contribution in [0.1, 0.15) is 23.7 Å². The number of amides is 2. The van der Waals surface area contributed by atoms with Gasteiger partial charge in [-0.1, -0.05) is 12.1 Å². The summed E-state index contributed by atoms with van der Waals surface area (Å²) in [5.41, 5.74) is 0.335. The first-order valence-corrected chi connectivity index (χ1v) is 7.78. The van der Waals surface area contributed by atoms with Gasteiger partial charge in [-0.15, -0.1) is 0 Å². The zero-order valence-electron chi connectivity index (χ0n) is 14.1. The molecule has 2 amide bonds. The third-order valence-corrected chi connectivity index (χ3v) is 4.30. The maximum absolute atomic E-state index is 12.8. The van der Waals surface area contributed by atoms with E-state index in [1.807, 2.05) is 0 Å². The fraction of sp³-hybridized carbons (Fsp3) is 0.471. The lowest BCUT2D eigenvalue weighted by Crippen LogP contribution is -2.38. The molecule has 0 saturated carbocycles. The van der Waals surface area contributed by atoms with Crippen molar-refractivity contribution in [2.75, 3.05) is 27.2 Å². The van der Waals surface area contributed by atoms with Crippen LogP contribution in [0.3, 0.4) is 0 Å². The number of carboxylic acid groups (broad SMARTS) is 1. The van der Waals surface area contributed by atoms with E-state index in [1.165, 1.54) is 4.90 Å². The highest BCUT2D eigenvalue weighted by atomic mass is 16.5. The molecular formula is C17H22N2O5. The molecule has 24 heavy (non-hydrogen) atoms. The van der Waals surface area contributed by atoms with Crippen molar-refractivity contribution in [3.8, 4) is 5.75 Å². The van der Waals surface area contributed by atoms with E-state index in [-0.39, 0.29) is 24.5 Å². The van der Waals surface area contributed by atoms with Crippen LogP contribution in [0.2, 0.25) is 0 Å². The van der Waals surface area contributed by atoms with Crippen molar-refractivity contribution in [2.24, 2.45) is 5.92 Å². The molecule has 1 aliphatic heterocycles. The molecule has 1 heterocycles. The summed E-state index contributed by atoms with van der Waals surface area (Å²) in [5.74, 6) is -1.61. The fourth-order valence-corrected chi connectivity index (χ4v) is 2.75. The van der Waals surface area contributed by atoms with E-state index in [9.17, 15) is 19.5 Å². The molecular weight excluding hydrogens is 312 g/mol. The Morgan fingerprint density at radius 3 is 2.54 bits per heavy atom. The molecule has 0 radical (unpaired) electrons. The van der Waals surface area contributed by atoms with Crippen molar-refractivity contribution < 1.29 is 24.2 Å². The van der Waals surface area contributed by atoms with Gasteiger partial charge in [0.2, 0.25) is 0 Å². The molecule has 130 valence electrons. The second-order valence-corrected chi connectivity index (χ2v) is 6.05. The predicted molar refractivity (Wildman–Crippen MR) is 86.9 cm³/mol. The first kappa shape index (κ1) is 17.8. The normalized spacial score (nSPS) is 19.9. The number of aliphatic carboxylic acids is 1. The molecule has 7 heteroatoms. The molecule has 1 fully saturated rings. The summed E-state index contributed by atoms with van der Waals surface area (Å²) in [6, 6.07) is 6.30. The van der Waals surface area contributed by atoms with Gasteiger partial charge in [-0.2, -0.15) is 0 Å². The highest BCUT2D eigenvalue weighted by Gasteiger charge is 2.39. The van der Waals surface area contributed by atoms with Crippen LogP contribution in [0, 0.1) is 5.92 Å². The van der Waals surface area contributed by atoms with Crippen LogP contribution in [-0.2, 0) is 9.59 Å². The van der Waals surface area contributed by atoms with Gasteiger partial charge >= 0.3 is 5.97 Å². The molecule has 1 aromatic rings. The zero-order chi connectivity index (χ0) is 17.9. The Balaban J connectivity index is 2.16. The van der Waals surface area contributed by atoms with E-state index in [4.69, 9.17) is 4.74 Å². The van der Waals surface area contributed by atoms with Gasteiger partial charge < -0.3 is 19.6 Å². The number of benzene rings is 1. The number of hydrogen-bond donors (Lipinski definition) is 1. The monoisotopic (exact) mass is 334 g/mol. The first-order chi connectivity index (χ1) is 11.3. The first-order valence-electron chi connectivity index (χ1n) is 7.78. The maximum atomic E-state index is 12.8. The number of likely N-dealkylation sites (tertiary alicyclic amines) is 1. The van der Waals surface area contributed by atoms with E-state index < -0.39 is 11.9 Å².